The van der Waals surface area contributed by atoms with Crippen LogP contribution in [0, 0.1) is 11.8 Å². The summed E-state index contributed by atoms with van der Waals surface area (Å²) in [4.78, 5) is 8.41. The van der Waals surface area contributed by atoms with Gasteiger partial charge in [-0.05, 0) is 50.5 Å². The summed E-state index contributed by atoms with van der Waals surface area (Å²) in [6.07, 6.45) is 9.00. The molecule has 1 aliphatic rings. The molecule has 0 aromatic carbocycles. The van der Waals surface area contributed by atoms with E-state index in [0.29, 0.717) is 11.9 Å². The summed E-state index contributed by atoms with van der Waals surface area (Å²) in [5.41, 5.74) is 6.83. The molecule has 2 N–H and O–H groups in total. The molecule has 3 rings (SSSR count). The van der Waals surface area contributed by atoms with Gasteiger partial charge in [-0.15, -0.1) is 0 Å². The summed E-state index contributed by atoms with van der Waals surface area (Å²) in [6, 6.07) is 2.50. The molecule has 0 saturated heterocycles. The lowest BCUT2D eigenvalue weighted by atomic mass is 9.73. The predicted molar refractivity (Wildman–Crippen MR) is 77.8 cm³/mol. The molecule has 1 fully saturated rings. The van der Waals surface area contributed by atoms with Gasteiger partial charge in [-0.1, -0.05) is 6.92 Å². The Balaban J connectivity index is 1.71. The van der Waals surface area contributed by atoms with Crippen molar-refractivity contribution in [1.29, 1.82) is 0 Å². The topological polar surface area (TPSA) is 56.7 Å². The number of rotatable bonds is 4. The SMILES string of the molecule is CC1CC(CCC(C)n2ccc3c(N)ncnc32)C1. The molecule has 0 bridgehead atoms. The van der Waals surface area contributed by atoms with Crippen molar-refractivity contribution in [1.82, 2.24) is 14.5 Å². The van der Waals surface area contributed by atoms with Gasteiger partial charge in [0.2, 0.25) is 0 Å². The minimum Gasteiger partial charge on any atom is -0.383 e. The van der Waals surface area contributed by atoms with Crippen molar-refractivity contribution in [3.8, 4) is 0 Å². The van der Waals surface area contributed by atoms with Crippen molar-refractivity contribution in [2.24, 2.45) is 11.8 Å². The highest BCUT2D eigenvalue weighted by Gasteiger charge is 2.25. The molecule has 1 saturated carbocycles. The van der Waals surface area contributed by atoms with Gasteiger partial charge in [0.1, 0.15) is 17.8 Å². The van der Waals surface area contributed by atoms with E-state index in [0.717, 1.165) is 22.9 Å². The molecule has 0 radical (unpaired) electrons. The van der Waals surface area contributed by atoms with Crippen LogP contribution in [0.2, 0.25) is 0 Å². The zero-order valence-corrected chi connectivity index (χ0v) is 11.7. The van der Waals surface area contributed by atoms with Crippen LogP contribution in [-0.2, 0) is 0 Å². The van der Waals surface area contributed by atoms with Crippen LogP contribution in [0.1, 0.15) is 45.6 Å². The van der Waals surface area contributed by atoms with Gasteiger partial charge in [-0.25, -0.2) is 9.97 Å². The van der Waals surface area contributed by atoms with E-state index in [1.807, 2.05) is 6.07 Å². The maximum absolute atomic E-state index is 5.87. The van der Waals surface area contributed by atoms with Crippen molar-refractivity contribution >= 4 is 16.9 Å². The van der Waals surface area contributed by atoms with Gasteiger partial charge in [0.15, 0.2) is 0 Å². The van der Waals surface area contributed by atoms with Crippen LogP contribution in [0.5, 0.6) is 0 Å². The van der Waals surface area contributed by atoms with Gasteiger partial charge in [0, 0.05) is 12.2 Å². The Bertz CT molecular complexity index is 569. The number of anilines is 1. The van der Waals surface area contributed by atoms with E-state index < -0.39 is 0 Å². The molecular weight excluding hydrogens is 236 g/mol. The van der Waals surface area contributed by atoms with Gasteiger partial charge < -0.3 is 10.3 Å². The minimum atomic E-state index is 0.475. The van der Waals surface area contributed by atoms with Crippen LogP contribution in [-0.4, -0.2) is 14.5 Å². The first-order chi connectivity index (χ1) is 9.15. The molecule has 2 aromatic rings. The van der Waals surface area contributed by atoms with Crippen molar-refractivity contribution in [3.05, 3.63) is 18.6 Å². The smallest absolute Gasteiger partial charge is 0.145 e. The van der Waals surface area contributed by atoms with E-state index in [4.69, 9.17) is 5.73 Å². The van der Waals surface area contributed by atoms with Crippen LogP contribution in [0.4, 0.5) is 5.82 Å². The zero-order valence-electron chi connectivity index (χ0n) is 11.7. The fraction of sp³-hybridized carbons (Fsp3) is 0.600. The zero-order chi connectivity index (χ0) is 13.4. The lowest BCUT2D eigenvalue weighted by Gasteiger charge is -2.33. The maximum Gasteiger partial charge on any atom is 0.145 e. The fourth-order valence-electron chi connectivity index (χ4n) is 3.27. The normalized spacial score (nSPS) is 24.3. The second-order valence-electron chi connectivity index (χ2n) is 6.09. The molecule has 0 spiro atoms. The average molecular weight is 258 g/mol. The third-order valence-electron chi connectivity index (χ3n) is 4.48. The van der Waals surface area contributed by atoms with Gasteiger partial charge in [0.05, 0.1) is 5.39 Å². The summed E-state index contributed by atoms with van der Waals surface area (Å²) < 4.78 is 2.23. The van der Waals surface area contributed by atoms with Gasteiger partial charge >= 0.3 is 0 Å². The molecule has 0 aliphatic heterocycles. The van der Waals surface area contributed by atoms with Crippen LogP contribution in [0.15, 0.2) is 18.6 Å². The first-order valence-corrected chi connectivity index (χ1v) is 7.22. The van der Waals surface area contributed by atoms with E-state index in [1.54, 1.807) is 6.33 Å². The lowest BCUT2D eigenvalue weighted by molar-refractivity contribution is 0.189. The summed E-state index contributed by atoms with van der Waals surface area (Å²) in [7, 11) is 0. The predicted octanol–water partition coefficient (Wildman–Crippen LogP) is 3.40. The quantitative estimate of drug-likeness (QED) is 0.914. The number of aromatic nitrogens is 3. The Morgan fingerprint density at radius 3 is 2.95 bits per heavy atom. The first kappa shape index (κ1) is 12.5. The number of nitrogens with zero attached hydrogens (tertiary/aromatic N) is 3. The highest BCUT2D eigenvalue weighted by molar-refractivity contribution is 5.86. The van der Waals surface area contributed by atoms with E-state index in [1.165, 1.54) is 25.7 Å². The van der Waals surface area contributed by atoms with Gasteiger partial charge in [-0.3, -0.25) is 0 Å². The van der Waals surface area contributed by atoms with Crippen LogP contribution < -0.4 is 5.73 Å². The molecule has 4 heteroatoms. The van der Waals surface area contributed by atoms with E-state index in [2.05, 4.69) is 34.6 Å². The second-order valence-corrected chi connectivity index (χ2v) is 6.09. The average Bonchev–Trinajstić information content (AvgIpc) is 2.78. The molecule has 19 heavy (non-hydrogen) atoms. The highest BCUT2D eigenvalue weighted by atomic mass is 15.1. The molecule has 4 nitrogen and oxygen atoms in total. The number of hydrogen-bond donors (Lipinski definition) is 1. The molecule has 1 unspecified atom stereocenters. The standard InChI is InChI=1S/C15H22N4/c1-10-7-12(8-10)4-3-11(2)19-6-5-13-14(16)17-9-18-15(13)19/h5-6,9-12H,3-4,7-8H2,1-2H3,(H2,16,17,18). The Hall–Kier alpha value is -1.58. The monoisotopic (exact) mass is 258 g/mol. The van der Waals surface area contributed by atoms with Crippen LogP contribution >= 0.6 is 0 Å². The van der Waals surface area contributed by atoms with Crippen molar-refractivity contribution in [2.45, 2.75) is 45.6 Å². The molecule has 2 heterocycles. The van der Waals surface area contributed by atoms with Gasteiger partial charge in [0.25, 0.3) is 0 Å². The van der Waals surface area contributed by atoms with Crippen molar-refractivity contribution < 1.29 is 0 Å². The third kappa shape index (κ3) is 2.31. The molecule has 1 aliphatic carbocycles. The first-order valence-electron chi connectivity index (χ1n) is 7.22. The summed E-state index contributed by atoms with van der Waals surface area (Å²) in [5, 5.41) is 0.964. The lowest BCUT2D eigenvalue weighted by Crippen LogP contribution is -2.21. The Morgan fingerprint density at radius 2 is 2.21 bits per heavy atom. The Kier molecular flexibility index (Phi) is 3.17. The van der Waals surface area contributed by atoms with Crippen LogP contribution in [0.3, 0.4) is 0 Å². The van der Waals surface area contributed by atoms with Crippen molar-refractivity contribution in [2.75, 3.05) is 5.73 Å². The Labute approximate surface area is 114 Å². The number of nitrogens with two attached hydrogens (primary N) is 1. The number of nitrogen functional groups attached to an aromatic ring is 1. The summed E-state index contributed by atoms with van der Waals surface area (Å²) in [6.45, 7) is 4.61. The minimum absolute atomic E-state index is 0.475. The molecule has 2 aromatic heterocycles. The molecule has 0 amide bonds. The summed E-state index contributed by atoms with van der Waals surface area (Å²) in [5.74, 6) is 2.46. The molecule has 102 valence electrons. The van der Waals surface area contributed by atoms with E-state index in [9.17, 15) is 0 Å². The van der Waals surface area contributed by atoms with Crippen molar-refractivity contribution in [3.63, 3.8) is 0 Å². The van der Waals surface area contributed by atoms with E-state index >= 15 is 0 Å². The highest BCUT2D eigenvalue weighted by Crippen LogP contribution is 2.37. The molecular formula is C15H22N4. The number of fused-ring (bicyclic) bond motifs is 1. The Morgan fingerprint density at radius 1 is 1.42 bits per heavy atom. The maximum atomic E-state index is 5.87. The fourth-order valence-corrected chi connectivity index (χ4v) is 3.27. The van der Waals surface area contributed by atoms with Gasteiger partial charge in [-0.2, -0.15) is 0 Å². The van der Waals surface area contributed by atoms with Crippen LogP contribution in [0.25, 0.3) is 11.0 Å². The second kappa shape index (κ2) is 4.83. The van der Waals surface area contributed by atoms with E-state index in [-0.39, 0.29) is 0 Å². The number of hydrogen-bond acceptors (Lipinski definition) is 3. The third-order valence-corrected chi connectivity index (χ3v) is 4.48. The molecule has 1 atom stereocenters. The largest absolute Gasteiger partial charge is 0.383 e. The summed E-state index contributed by atoms with van der Waals surface area (Å²) >= 11 is 0.